The van der Waals surface area contributed by atoms with Crippen molar-refractivity contribution in [3.05, 3.63) is 41.6 Å². The van der Waals surface area contributed by atoms with Crippen molar-refractivity contribution in [2.75, 3.05) is 12.4 Å². The second kappa shape index (κ2) is 4.75. The molecule has 0 radical (unpaired) electrons. The third-order valence-electron chi connectivity index (χ3n) is 2.66. The molecule has 1 aliphatic rings. The number of carboxylic acids is 1. The molecule has 0 spiro atoms. The Morgan fingerprint density at radius 1 is 1.47 bits per heavy atom. The van der Waals surface area contributed by atoms with Gasteiger partial charge in [0, 0.05) is 11.3 Å². The van der Waals surface area contributed by atoms with Crippen LogP contribution in [-0.4, -0.2) is 18.1 Å². The summed E-state index contributed by atoms with van der Waals surface area (Å²) in [6.07, 6.45) is 1.47. The topological polar surface area (TPSA) is 87.4 Å². The van der Waals surface area contributed by atoms with Crippen LogP contribution in [0.3, 0.4) is 0 Å². The molecule has 0 amide bonds. The van der Waals surface area contributed by atoms with Gasteiger partial charge in [-0.15, -0.1) is 12.4 Å². The highest BCUT2D eigenvalue weighted by atomic mass is 35.5. The van der Waals surface area contributed by atoms with Crippen LogP contribution in [0.4, 0.5) is 5.69 Å². The van der Waals surface area contributed by atoms with Gasteiger partial charge in [0.25, 0.3) is 0 Å². The summed E-state index contributed by atoms with van der Waals surface area (Å²) >= 11 is 0. The quantitative estimate of drug-likeness (QED) is 0.588. The summed E-state index contributed by atoms with van der Waals surface area (Å²) in [5.41, 5.74) is 6.77. The first-order chi connectivity index (χ1) is 7.57. The molecule has 1 aromatic carbocycles. The lowest BCUT2D eigenvalue weighted by Gasteiger charge is -2.33. The molecule has 1 aliphatic heterocycles. The van der Waals surface area contributed by atoms with E-state index >= 15 is 0 Å². The van der Waals surface area contributed by atoms with Crippen LogP contribution in [0.15, 0.2) is 36.0 Å². The van der Waals surface area contributed by atoms with Crippen LogP contribution in [0, 0.1) is 0 Å². The maximum absolute atomic E-state index is 11.0. The van der Waals surface area contributed by atoms with Crippen molar-refractivity contribution < 1.29 is 9.90 Å². The van der Waals surface area contributed by atoms with Gasteiger partial charge in [-0.2, -0.15) is 0 Å². The van der Waals surface area contributed by atoms with E-state index in [0.29, 0.717) is 5.69 Å². The zero-order valence-electron chi connectivity index (χ0n) is 9.23. The number of nitrogens with two attached hydrogens (primary N) is 1. The molecule has 1 atom stereocenters. The molecule has 0 bridgehead atoms. The average Bonchev–Trinajstić information content (AvgIpc) is 2.29. The number of benzene rings is 1. The number of rotatable bonds is 2. The van der Waals surface area contributed by atoms with Gasteiger partial charge in [0.05, 0.1) is 0 Å². The summed E-state index contributed by atoms with van der Waals surface area (Å²) in [7, 11) is 1.69. The van der Waals surface area contributed by atoms with Crippen molar-refractivity contribution in [3.63, 3.8) is 0 Å². The standard InChI is InChI=1S/C11H13N3O2.ClH/c1-13-11(12)6-9(10(15)16)14-8-5-3-2-4-7(8)11;/h2-6,13-14H,12H2,1H3,(H,15,16);1H. The van der Waals surface area contributed by atoms with Crippen molar-refractivity contribution >= 4 is 24.1 Å². The van der Waals surface area contributed by atoms with Crippen molar-refractivity contribution in [3.8, 4) is 0 Å². The third-order valence-corrected chi connectivity index (χ3v) is 2.66. The summed E-state index contributed by atoms with van der Waals surface area (Å²) in [6.45, 7) is 0. The van der Waals surface area contributed by atoms with Gasteiger partial charge in [0.2, 0.25) is 0 Å². The number of anilines is 1. The molecule has 2 rings (SSSR count). The first-order valence-corrected chi connectivity index (χ1v) is 4.87. The van der Waals surface area contributed by atoms with E-state index in [4.69, 9.17) is 10.8 Å². The van der Waals surface area contributed by atoms with Crippen LogP contribution in [-0.2, 0) is 10.5 Å². The maximum atomic E-state index is 11.0. The Morgan fingerprint density at radius 3 is 2.71 bits per heavy atom. The van der Waals surface area contributed by atoms with Crippen LogP contribution in [0.25, 0.3) is 0 Å². The van der Waals surface area contributed by atoms with Crippen LogP contribution < -0.4 is 16.4 Å². The zero-order valence-corrected chi connectivity index (χ0v) is 10.0. The van der Waals surface area contributed by atoms with Gasteiger partial charge in [0.15, 0.2) is 0 Å². The zero-order chi connectivity index (χ0) is 11.8. The van der Waals surface area contributed by atoms with Crippen LogP contribution in [0.1, 0.15) is 5.56 Å². The summed E-state index contributed by atoms with van der Waals surface area (Å²) in [4.78, 5) is 11.0. The fraction of sp³-hybridized carbons (Fsp3) is 0.182. The minimum Gasteiger partial charge on any atom is -0.477 e. The van der Waals surface area contributed by atoms with Crippen molar-refractivity contribution in [2.45, 2.75) is 5.66 Å². The molecule has 0 saturated heterocycles. The summed E-state index contributed by atoms with van der Waals surface area (Å²) < 4.78 is 0. The summed E-state index contributed by atoms with van der Waals surface area (Å²) in [5.74, 6) is -1.03. The number of nitrogens with one attached hydrogen (secondary N) is 2. The Balaban J connectivity index is 0.00000144. The van der Waals surface area contributed by atoms with Crippen LogP contribution in [0.5, 0.6) is 0 Å². The van der Waals surface area contributed by atoms with E-state index in [1.807, 2.05) is 18.2 Å². The lowest BCUT2D eigenvalue weighted by atomic mass is 9.94. The summed E-state index contributed by atoms with van der Waals surface area (Å²) in [6, 6.07) is 7.34. The predicted molar refractivity (Wildman–Crippen MR) is 68.0 cm³/mol. The van der Waals surface area contributed by atoms with Gasteiger partial charge in [-0.05, 0) is 19.2 Å². The largest absolute Gasteiger partial charge is 0.477 e. The van der Waals surface area contributed by atoms with E-state index in [-0.39, 0.29) is 18.1 Å². The molecule has 1 unspecified atom stereocenters. The molecule has 6 heteroatoms. The first kappa shape index (κ1) is 13.5. The third kappa shape index (κ3) is 2.26. The molecule has 0 saturated carbocycles. The molecule has 0 aromatic heterocycles. The highest BCUT2D eigenvalue weighted by Gasteiger charge is 2.31. The van der Waals surface area contributed by atoms with Gasteiger partial charge in [-0.25, -0.2) is 4.79 Å². The molecular formula is C11H14ClN3O2. The number of likely N-dealkylation sites (N-methyl/N-ethyl adjacent to an activating group) is 1. The first-order valence-electron chi connectivity index (χ1n) is 4.87. The fourth-order valence-corrected chi connectivity index (χ4v) is 1.76. The fourth-order valence-electron chi connectivity index (χ4n) is 1.76. The molecule has 0 fully saturated rings. The van der Waals surface area contributed by atoms with Gasteiger partial charge in [-0.1, -0.05) is 18.2 Å². The Labute approximate surface area is 105 Å². The number of hydrogen-bond acceptors (Lipinski definition) is 4. The maximum Gasteiger partial charge on any atom is 0.352 e. The van der Waals surface area contributed by atoms with Gasteiger partial charge in [-0.3, -0.25) is 5.32 Å². The van der Waals surface area contributed by atoms with E-state index in [1.54, 1.807) is 13.1 Å². The Bertz CT molecular complexity index is 476. The lowest BCUT2D eigenvalue weighted by Crippen LogP contribution is -2.49. The van der Waals surface area contributed by atoms with Crippen molar-refractivity contribution in [1.29, 1.82) is 0 Å². The Hall–Kier alpha value is -1.56. The number of hydrogen-bond donors (Lipinski definition) is 4. The highest BCUT2D eigenvalue weighted by molar-refractivity contribution is 5.92. The number of fused-ring (bicyclic) bond motifs is 1. The molecule has 92 valence electrons. The number of halogens is 1. The predicted octanol–water partition coefficient (Wildman–Crippen LogP) is 0.833. The highest BCUT2D eigenvalue weighted by Crippen LogP contribution is 2.31. The van der Waals surface area contributed by atoms with Gasteiger partial charge >= 0.3 is 5.97 Å². The smallest absolute Gasteiger partial charge is 0.352 e. The van der Waals surface area contributed by atoms with E-state index in [2.05, 4.69) is 10.6 Å². The van der Waals surface area contributed by atoms with E-state index in [9.17, 15) is 4.79 Å². The van der Waals surface area contributed by atoms with Gasteiger partial charge < -0.3 is 16.2 Å². The van der Waals surface area contributed by atoms with Crippen molar-refractivity contribution in [2.24, 2.45) is 5.73 Å². The van der Waals surface area contributed by atoms with E-state index in [0.717, 1.165) is 5.56 Å². The second-order valence-corrected chi connectivity index (χ2v) is 3.65. The monoisotopic (exact) mass is 255 g/mol. The minimum atomic E-state index is -1.03. The van der Waals surface area contributed by atoms with E-state index < -0.39 is 11.6 Å². The van der Waals surface area contributed by atoms with Crippen LogP contribution >= 0.6 is 12.4 Å². The summed E-state index contributed by atoms with van der Waals surface area (Å²) in [5, 5.41) is 14.7. The molecular weight excluding hydrogens is 242 g/mol. The van der Waals surface area contributed by atoms with E-state index in [1.165, 1.54) is 6.08 Å². The SMILES string of the molecule is CNC1(N)C=C(C(=O)O)Nc2ccccc21.Cl. The number of carboxylic acid groups (broad SMARTS) is 1. The molecule has 1 heterocycles. The molecule has 17 heavy (non-hydrogen) atoms. The molecule has 5 nitrogen and oxygen atoms in total. The lowest BCUT2D eigenvalue weighted by molar-refractivity contribution is -0.132. The number of carbonyl (C=O) groups is 1. The Kier molecular flexibility index (Phi) is 3.77. The second-order valence-electron chi connectivity index (χ2n) is 3.65. The van der Waals surface area contributed by atoms with Crippen molar-refractivity contribution in [1.82, 2.24) is 5.32 Å². The molecule has 0 aliphatic carbocycles. The average molecular weight is 256 g/mol. The minimum absolute atomic E-state index is 0. The van der Waals surface area contributed by atoms with Gasteiger partial charge in [0.1, 0.15) is 11.4 Å². The number of para-hydroxylation sites is 1. The molecule has 1 aromatic rings. The number of aliphatic carboxylic acids is 1. The van der Waals surface area contributed by atoms with Crippen LogP contribution in [0.2, 0.25) is 0 Å². The molecule has 5 N–H and O–H groups in total. The Morgan fingerprint density at radius 2 is 2.12 bits per heavy atom. The normalized spacial score (nSPS) is 21.6.